The minimum Gasteiger partial charge on any atom is -0.340 e. The Labute approximate surface area is 170 Å². The Hall–Kier alpha value is -1.69. The maximum absolute atomic E-state index is 11.5. The van der Waals surface area contributed by atoms with Crippen molar-refractivity contribution in [3.05, 3.63) is 47.5 Å². The molecule has 0 N–H and O–H groups in total. The van der Waals surface area contributed by atoms with Gasteiger partial charge in [0, 0.05) is 54.5 Å². The standard InChI is InChI=1S/C21H24ClN3OS/c1-16(26)24-13-11-23(12-14-24)9-4-10-25-18-5-2-3-6-20(18)27-21-8-7-17(22)15-19(21)25/h2-3,5-8,15H,4,9-14H2,1H3. The number of hydrogen-bond acceptors (Lipinski definition) is 4. The molecule has 1 saturated heterocycles. The molecule has 142 valence electrons. The minimum absolute atomic E-state index is 0.186. The van der Waals surface area contributed by atoms with Gasteiger partial charge in [0.25, 0.3) is 0 Å². The number of para-hydroxylation sites is 1. The Kier molecular flexibility index (Phi) is 5.62. The molecule has 4 nitrogen and oxygen atoms in total. The predicted octanol–water partition coefficient (Wildman–Crippen LogP) is 4.50. The lowest BCUT2D eigenvalue weighted by molar-refractivity contribution is -0.130. The highest BCUT2D eigenvalue weighted by molar-refractivity contribution is 7.99. The van der Waals surface area contributed by atoms with E-state index in [1.54, 1.807) is 6.92 Å². The van der Waals surface area contributed by atoms with E-state index < -0.39 is 0 Å². The highest BCUT2D eigenvalue weighted by Gasteiger charge is 2.24. The number of rotatable bonds is 4. The van der Waals surface area contributed by atoms with Crippen LogP contribution in [-0.4, -0.2) is 55.0 Å². The van der Waals surface area contributed by atoms with Crippen molar-refractivity contribution < 1.29 is 4.79 Å². The van der Waals surface area contributed by atoms with E-state index >= 15 is 0 Å². The Morgan fingerprint density at radius 3 is 2.52 bits per heavy atom. The highest BCUT2D eigenvalue weighted by Crippen LogP contribution is 2.48. The number of halogens is 1. The number of carbonyl (C=O) groups is 1. The van der Waals surface area contributed by atoms with Crippen LogP contribution in [0.25, 0.3) is 0 Å². The molecule has 0 aromatic heterocycles. The number of hydrogen-bond donors (Lipinski definition) is 0. The third-order valence-electron chi connectivity index (χ3n) is 5.26. The van der Waals surface area contributed by atoms with Crippen molar-refractivity contribution in [2.45, 2.75) is 23.1 Å². The van der Waals surface area contributed by atoms with Gasteiger partial charge in [-0.25, -0.2) is 0 Å². The normalized spacial score (nSPS) is 16.8. The SMILES string of the molecule is CC(=O)N1CCN(CCCN2c3ccccc3Sc3ccc(Cl)cc32)CC1. The Morgan fingerprint density at radius 2 is 1.74 bits per heavy atom. The molecular weight excluding hydrogens is 378 g/mol. The summed E-state index contributed by atoms with van der Waals surface area (Å²) < 4.78 is 0. The molecule has 1 fully saturated rings. The van der Waals surface area contributed by atoms with Crippen LogP contribution in [0.2, 0.25) is 5.02 Å². The summed E-state index contributed by atoms with van der Waals surface area (Å²) in [5.41, 5.74) is 2.46. The van der Waals surface area contributed by atoms with Gasteiger partial charge in [-0.1, -0.05) is 35.5 Å². The summed E-state index contributed by atoms with van der Waals surface area (Å²) in [4.78, 5) is 20.8. The minimum atomic E-state index is 0.186. The lowest BCUT2D eigenvalue weighted by Crippen LogP contribution is -2.48. The van der Waals surface area contributed by atoms with Gasteiger partial charge in [-0.2, -0.15) is 0 Å². The molecule has 2 aliphatic heterocycles. The maximum atomic E-state index is 11.5. The molecule has 1 amide bonds. The molecule has 0 spiro atoms. The molecule has 0 radical (unpaired) electrons. The van der Waals surface area contributed by atoms with Crippen LogP contribution in [0, 0.1) is 0 Å². The number of carbonyl (C=O) groups excluding carboxylic acids is 1. The fraction of sp³-hybridized carbons (Fsp3) is 0.381. The van der Waals surface area contributed by atoms with Gasteiger partial charge in [0.1, 0.15) is 0 Å². The molecule has 2 aromatic rings. The van der Waals surface area contributed by atoms with Crippen LogP contribution < -0.4 is 4.90 Å². The van der Waals surface area contributed by atoms with Crippen LogP contribution in [0.4, 0.5) is 11.4 Å². The second-order valence-corrected chi connectivity index (χ2v) is 8.55. The molecule has 27 heavy (non-hydrogen) atoms. The van der Waals surface area contributed by atoms with Crippen LogP contribution >= 0.6 is 23.4 Å². The summed E-state index contributed by atoms with van der Waals surface area (Å²) in [5, 5.41) is 0.777. The number of nitrogens with zero attached hydrogens (tertiary/aromatic N) is 3. The molecule has 0 unspecified atom stereocenters. The van der Waals surface area contributed by atoms with Crippen LogP contribution in [0.15, 0.2) is 52.3 Å². The zero-order chi connectivity index (χ0) is 18.8. The van der Waals surface area contributed by atoms with E-state index in [0.29, 0.717) is 0 Å². The first-order valence-corrected chi connectivity index (χ1v) is 10.6. The monoisotopic (exact) mass is 401 g/mol. The molecule has 2 aliphatic rings. The van der Waals surface area contributed by atoms with Gasteiger partial charge in [-0.05, 0) is 43.3 Å². The molecular formula is C21H24ClN3OS. The second kappa shape index (κ2) is 8.13. The van der Waals surface area contributed by atoms with Crippen LogP contribution in [0.1, 0.15) is 13.3 Å². The second-order valence-electron chi connectivity index (χ2n) is 7.03. The lowest BCUT2D eigenvalue weighted by Gasteiger charge is -2.36. The van der Waals surface area contributed by atoms with Crippen molar-refractivity contribution >= 4 is 40.6 Å². The first-order valence-electron chi connectivity index (χ1n) is 9.43. The molecule has 2 heterocycles. The van der Waals surface area contributed by atoms with Crippen molar-refractivity contribution in [1.82, 2.24) is 9.80 Å². The predicted molar refractivity (Wildman–Crippen MR) is 112 cm³/mol. The number of amides is 1. The van der Waals surface area contributed by atoms with Gasteiger partial charge in [-0.3, -0.25) is 9.69 Å². The van der Waals surface area contributed by atoms with Crippen molar-refractivity contribution in [1.29, 1.82) is 0 Å². The average Bonchev–Trinajstić information content (AvgIpc) is 2.68. The van der Waals surface area contributed by atoms with E-state index in [2.05, 4.69) is 46.2 Å². The van der Waals surface area contributed by atoms with E-state index in [4.69, 9.17) is 11.6 Å². The lowest BCUT2D eigenvalue weighted by atomic mass is 10.2. The third-order valence-corrected chi connectivity index (χ3v) is 6.63. The number of fused-ring (bicyclic) bond motifs is 2. The van der Waals surface area contributed by atoms with Crippen LogP contribution in [-0.2, 0) is 4.79 Å². The van der Waals surface area contributed by atoms with Gasteiger partial charge < -0.3 is 9.80 Å². The fourth-order valence-electron chi connectivity index (χ4n) is 3.78. The first-order chi connectivity index (χ1) is 13.1. The summed E-state index contributed by atoms with van der Waals surface area (Å²) in [6.45, 7) is 7.28. The zero-order valence-electron chi connectivity index (χ0n) is 15.5. The molecule has 4 rings (SSSR count). The number of anilines is 2. The quantitative estimate of drug-likeness (QED) is 0.753. The van der Waals surface area contributed by atoms with Gasteiger partial charge in [0.05, 0.1) is 11.4 Å². The highest BCUT2D eigenvalue weighted by atomic mass is 35.5. The Bertz CT molecular complexity index is 836. The van der Waals surface area contributed by atoms with E-state index in [9.17, 15) is 4.79 Å². The molecule has 2 aromatic carbocycles. The van der Waals surface area contributed by atoms with Gasteiger partial charge >= 0.3 is 0 Å². The largest absolute Gasteiger partial charge is 0.340 e. The average molecular weight is 402 g/mol. The Balaban J connectivity index is 1.43. The van der Waals surface area contributed by atoms with E-state index in [-0.39, 0.29) is 5.91 Å². The van der Waals surface area contributed by atoms with Gasteiger partial charge in [-0.15, -0.1) is 0 Å². The molecule has 0 bridgehead atoms. The van der Waals surface area contributed by atoms with E-state index in [0.717, 1.165) is 50.7 Å². The topological polar surface area (TPSA) is 26.8 Å². The van der Waals surface area contributed by atoms with E-state index in [1.807, 2.05) is 22.7 Å². The first kappa shape index (κ1) is 18.7. The van der Waals surface area contributed by atoms with Gasteiger partial charge in [0.15, 0.2) is 0 Å². The fourth-order valence-corrected chi connectivity index (χ4v) is 5.02. The molecule has 0 atom stereocenters. The number of benzene rings is 2. The van der Waals surface area contributed by atoms with Crippen molar-refractivity contribution in [3.63, 3.8) is 0 Å². The zero-order valence-corrected chi connectivity index (χ0v) is 17.1. The third kappa shape index (κ3) is 4.10. The van der Waals surface area contributed by atoms with Crippen molar-refractivity contribution in [2.24, 2.45) is 0 Å². The van der Waals surface area contributed by atoms with Crippen molar-refractivity contribution in [3.8, 4) is 0 Å². The summed E-state index contributed by atoms with van der Waals surface area (Å²) in [5.74, 6) is 0.186. The van der Waals surface area contributed by atoms with Crippen molar-refractivity contribution in [2.75, 3.05) is 44.2 Å². The van der Waals surface area contributed by atoms with E-state index in [1.165, 1.54) is 21.2 Å². The van der Waals surface area contributed by atoms with Crippen LogP contribution in [0.3, 0.4) is 0 Å². The number of piperazine rings is 1. The molecule has 0 saturated carbocycles. The molecule has 0 aliphatic carbocycles. The summed E-state index contributed by atoms with van der Waals surface area (Å²) in [6.07, 6.45) is 1.07. The molecule has 6 heteroatoms. The summed E-state index contributed by atoms with van der Waals surface area (Å²) >= 11 is 8.10. The van der Waals surface area contributed by atoms with Crippen LogP contribution in [0.5, 0.6) is 0 Å². The summed E-state index contributed by atoms with van der Waals surface area (Å²) in [7, 11) is 0. The smallest absolute Gasteiger partial charge is 0.219 e. The maximum Gasteiger partial charge on any atom is 0.219 e. The summed E-state index contributed by atoms with van der Waals surface area (Å²) in [6, 6.07) is 14.7. The Morgan fingerprint density at radius 1 is 1.00 bits per heavy atom. The van der Waals surface area contributed by atoms with Gasteiger partial charge in [0.2, 0.25) is 5.91 Å².